The van der Waals surface area contributed by atoms with Gasteiger partial charge in [0, 0.05) is 24.5 Å². The third kappa shape index (κ3) is 5.10. The smallest absolute Gasteiger partial charge is 0.230 e. The highest BCUT2D eigenvalue weighted by atomic mass is 32.2. The maximum atomic E-state index is 12.1. The highest BCUT2D eigenvalue weighted by Crippen LogP contribution is 2.20. The number of carbonyl (C=O) groups excluding carboxylic acids is 1. The molecule has 28 heavy (non-hydrogen) atoms. The van der Waals surface area contributed by atoms with E-state index in [1.807, 2.05) is 6.07 Å². The lowest BCUT2D eigenvalue weighted by molar-refractivity contribution is -0.118. The fraction of sp³-hybridized carbons (Fsp3) is 0.300. The third-order valence-electron chi connectivity index (χ3n) is 4.30. The molecule has 0 fully saturated rings. The highest BCUT2D eigenvalue weighted by Gasteiger charge is 2.13. The molecule has 0 unspecified atom stereocenters. The molecule has 0 aliphatic carbocycles. The number of hydrogen-bond donors (Lipinski definition) is 2. The molecule has 0 bridgehead atoms. The molecular weight excluding hydrogens is 372 g/mol. The fourth-order valence-electron chi connectivity index (χ4n) is 2.66. The minimum absolute atomic E-state index is 0.0604. The lowest BCUT2D eigenvalue weighted by Crippen LogP contribution is -2.27. The molecule has 3 N–H and O–H groups in total. The number of rotatable bonds is 8. The Hall–Kier alpha value is -2.87. The second-order valence-electron chi connectivity index (χ2n) is 6.70. The van der Waals surface area contributed by atoms with Crippen molar-refractivity contribution in [2.75, 3.05) is 18.1 Å². The van der Waals surface area contributed by atoms with Gasteiger partial charge in [0.15, 0.2) is 5.82 Å². The molecule has 0 saturated heterocycles. The van der Waals surface area contributed by atoms with E-state index >= 15 is 0 Å². The number of aromatic nitrogens is 4. The minimum Gasteiger partial charge on any atom is -0.355 e. The second kappa shape index (κ2) is 9.36. The summed E-state index contributed by atoms with van der Waals surface area (Å²) in [7, 11) is 0. The maximum absolute atomic E-state index is 12.1. The van der Waals surface area contributed by atoms with Gasteiger partial charge in [-0.2, -0.15) is 0 Å². The van der Waals surface area contributed by atoms with Crippen molar-refractivity contribution in [2.24, 2.45) is 0 Å². The standard InChI is InChI=1S/C20H24N6OS/c1-14(2)16-7-5-15(6-8-16)9-11-23-18(27)13-28-20-25-24-19(26(20)21)17-4-3-10-22-12-17/h3-8,10,12,14H,9,11,13,21H2,1-2H3,(H,23,27). The maximum Gasteiger partial charge on any atom is 0.230 e. The van der Waals surface area contributed by atoms with Crippen molar-refractivity contribution >= 4 is 17.7 Å². The average molecular weight is 397 g/mol. The van der Waals surface area contributed by atoms with Crippen molar-refractivity contribution < 1.29 is 4.79 Å². The molecule has 0 aliphatic rings. The number of hydrogen-bond acceptors (Lipinski definition) is 6. The SMILES string of the molecule is CC(C)c1ccc(CCNC(=O)CSc2nnc(-c3cccnc3)n2N)cc1. The quantitative estimate of drug-likeness (QED) is 0.449. The molecule has 0 saturated carbocycles. The normalized spacial score (nSPS) is 11.0. The number of thioether (sulfide) groups is 1. The van der Waals surface area contributed by atoms with Gasteiger partial charge < -0.3 is 11.2 Å². The Morgan fingerprint density at radius 1 is 1.21 bits per heavy atom. The van der Waals surface area contributed by atoms with Crippen molar-refractivity contribution in [3.05, 3.63) is 59.9 Å². The van der Waals surface area contributed by atoms with E-state index in [2.05, 4.69) is 58.6 Å². The number of nitrogens with zero attached hydrogens (tertiary/aromatic N) is 4. The van der Waals surface area contributed by atoms with Gasteiger partial charge in [-0.25, -0.2) is 4.68 Å². The summed E-state index contributed by atoms with van der Waals surface area (Å²) < 4.78 is 1.38. The molecule has 8 heteroatoms. The number of nitrogen functional groups attached to an aromatic ring is 1. The first-order chi connectivity index (χ1) is 13.5. The van der Waals surface area contributed by atoms with Crippen LogP contribution in [0.4, 0.5) is 0 Å². The summed E-state index contributed by atoms with van der Waals surface area (Å²) in [5.74, 6) is 7.25. The van der Waals surface area contributed by atoms with Gasteiger partial charge in [-0.15, -0.1) is 10.2 Å². The highest BCUT2D eigenvalue weighted by molar-refractivity contribution is 7.99. The molecule has 3 aromatic rings. The van der Waals surface area contributed by atoms with Gasteiger partial charge in [0.25, 0.3) is 0 Å². The van der Waals surface area contributed by atoms with Crippen molar-refractivity contribution in [3.63, 3.8) is 0 Å². The number of benzene rings is 1. The summed E-state index contributed by atoms with van der Waals surface area (Å²) in [6.45, 7) is 4.94. The summed E-state index contributed by atoms with van der Waals surface area (Å²) in [6.07, 6.45) is 4.15. The zero-order valence-corrected chi connectivity index (χ0v) is 16.8. The van der Waals surface area contributed by atoms with E-state index < -0.39 is 0 Å². The lowest BCUT2D eigenvalue weighted by atomic mass is 10.0. The summed E-state index contributed by atoms with van der Waals surface area (Å²) in [6, 6.07) is 12.2. The Labute approximate surface area is 168 Å². The van der Waals surface area contributed by atoms with Crippen LogP contribution in [0.25, 0.3) is 11.4 Å². The van der Waals surface area contributed by atoms with E-state index in [-0.39, 0.29) is 11.7 Å². The monoisotopic (exact) mass is 396 g/mol. The summed E-state index contributed by atoms with van der Waals surface area (Å²) in [4.78, 5) is 16.1. The Kier molecular flexibility index (Phi) is 6.65. The van der Waals surface area contributed by atoms with Gasteiger partial charge in [-0.1, -0.05) is 49.9 Å². The first-order valence-electron chi connectivity index (χ1n) is 9.14. The van der Waals surface area contributed by atoms with Crippen molar-refractivity contribution in [1.29, 1.82) is 0 Å². The molecule has 7 nitrogen and oxygen atoms in total. The molecule has 0 spiro atoms. The van der Waals surface area contributed by atoms with Crippen molar-refractivity contribution in [2.45, 2.75) is 31.3 Å². The van der Waals surface area contributed by atoms with Crippen LogP contribution in [-0.4, -0.2) is 38.1 Å². The number of amides is 1. The second-order valence-corrected chi connectivity index (χ2v) is 7.65. The lowest BCUT2D eigenvalue weighted by Gasteiger charge is -2.08. The molecule has 1 amide bonds. The fourth-order valence-corrected chi connectivity index (χ4v) is 3.35. The van der Waals surface area contributed by atoms with Crippen LogP contribution in [-0.2, 0) is 11.2 Å². The molecule has 0 aliphatic heterocycles. The first kappa shape index (κ1) is 19.9. The van der Waals surface area contributed by atoms with Crippen molar-refractivity contribution in [3.8, 4) is 11.4 Å². The Balaban J connectivity index is 1.45. The van der Waals surface area contributed by atoms with Crippen LogP contribution in [0.1, 0.15) is 30.9 Å². The van der Waals surface area contributed by atoms with Crippen LogP contribution in [0.2, 0.25) is 0 Å². The molecule has 2 aromatic heterocycles. The average Bonchev–Trinajstić information content (AvgIpc) is 3.08. The molecule has 3 rings (SSSR count). The molecule has 2 heterocycles. The van der Waals surface area contributed by atoms with Crippen LogP contribution in [0, 0.1) is 0 Å². The topological polar surface area (TPSA) is 98.7 Å². The van der Waals surface area contributed by atoms with Gasteiger partial charge in [-0.05, 0) is 35.6 Å². The predicted octanol–water partition coefficient (Wildman–Crippen LogP) is 2.63. The van der Waals surface area contributed by atoms with Crippen LogP contribution in [0.3, 0.4) is 0 Å². The minimum atomic E-state index is -0.0604. The van der Waals surface area contributed by atoms with Crippen molar-refractivity contribution in [1.82, 2.24) is 25.2 Å². The third-order valence-corrected chi connectivity index (χ3v) is 5.24. The summed E-state index contributed by atoms with van der Waals surface area (Å²) in [5.41, 5.74) is 3.30. The first-order valence-corrected chi connectivity index (χ1v) is 10.1. The summed E-state index contributed by atoms with van der Waals surface area (Å²) in [5, 5.41) is 11.6. The predicted molar refractivity (Wildman–Crippen MR) is 111 cm³/mol. The van der Waals surface area contributed by atoms with Gasteiger partial charge in [0.2, 0.25) is 11.1 Å². The molecule has 1 aromatic carbocycles. The number of pyridine rings is 1. The largest absolute Gasteiger partial charge is 0.355 e. The van der Waals surface area contributed by atoms with Gasteiger partial charge in [0.05, 0.1) is 5.75 Å². The van der Waals surface area contributed by atoms with E-state index in [1.165, 1.54) is 27.6 Å². The van der Waals surface area contributed by atoms with Crippen LogP contribution >= 0.6 is 11.8 Å². The van der Waals surface area contributed by atoms with Crippen LogP contribution < -0.4 is 11.2 Å². The molecular formula is C20H24N6OS. The van der Waals surface area contributed by atoms with E-state index in [1.54, 1.807) is 18.5 Å². The Morgan fingerprint density at radius 2 is 2.00 bits per heavy atom. The zero-order chi connectivity index (χ0) is 19.9. The molecule has 0 radical (unpaired) electrons. The molecule has 146 valence electrons. The number of nitrogens with two attached hydrogens (primary N) is 1. The van der Waals surface area contributed by atoms with E-state index in [4.69, 9.17) is 5.84 Å². The van der Waals surface area contributed by atoms with Crippen LogP contribution in [0.15, 0.2) is 53.9 Å². The van der Waals surface area contributed by atoms with Crippen LogP contribution in [0.5, 0.6) is 0 Å². The van der Waals surface area contributed by atoms with E-state index in [0.717, 1.165) is 12.0 Å². The van der Waals surface area contributed by atoms with Gasteiger partial charge in [0.1, 0.15) is 0 Å². The number of nitrogens with one attached hydrogen (secondary N) is 1. The Morgan fingerprint density at radius 3 is 2.68 bits per heavy atom. The molecule has 0 atom stereocenters. The van der Waals surface area contributed by atoms with E-state index in [0.29, 0.717) is 23.4 Å². The van der Waals surface area contributed by atoms with Gasteiger partial charge in [-0.3, -0.25) is 9.78 Å². The summed E-state index contributed by atoms with van der Waals surface area (Å²) >= 11 is 1.25. The zero-order valence-electron chi connectivity index (χ0n) is 16.0. The number of carbonyl (C=O) groups is 1. The van der Waals surface area contributed by atoms with E-state index in [9.17, 15) is 4.79 Å². The Bertz CT molecular complexity index is 908. The van der Waals surface area contributed by atoms with Gasteiger partial charge >= 0.3 is 0 Å².